The third-order valence-corrected chi connectivity index (χ3v) is 0.760. The van der Waals surface area contributed by atoms with Crippen LogP contribution in [0.5, 0.6) is 0 Å². The van der Waals surface area contributed by atoms with Crippen molar-refractivity contribution in [3.8, 4) is 0 Å². The van der Waals surface area contributed by atoms with E-state index in [2.05, 4.69) is 6.92 Å². The number of hydrogen-bond donors (Lipinski definition) is 1. The number of carboxylic acid groups (broad SMARTS) is 1. The predicted molar refractivity (Wildman–Crippen MR) is 45.9 cm³/mol. The van der Waals surface area contributed by atoms with Gasteiger partial charge in [-0.3, -0.25) is 0 Å². The first-order valence-electron chi connectivity index (χ1n) is 3.47. The summed E-state index contributed by atoms with van der Waals surface area (Å²) in [4.78, 5) is 9.59. The van der Waals surface area contributed by atoms with Gasteiger partial charge in [0.15, 0.2) is 0 Å². The first-order chi connectivity index (χ1) is 4.56. The van der Waals surface area contributed by atoms with Crippen LogP contribution < -0.4 is 10.8 Å². The second-order valence-corrected chi connectivity index (χ2v) is 2.26. The maximum Gasteiger partial charge on any atom is 1.00 e. The summed E-state index contributed by atoms with van der Waals surface area (Å²) in [5, 5.41) is 9.59. The molecule has 0 fully saturated rings. The Labute approximate surface area is 91.2 Å². The number of carbonyl (C=O) groups excluding carboxylic acids is 1. The van der Waals surface area contributed by atoms with Crippen LogP contribution in [-0.4, -0.2) is 12.5 Å². The summed E-state index contributed by atoms with van der Waals surface area (Å²) in [6.45, 7) is 6.03. The van der Waals surface area contributed by atoms with Crippen LogP contribution in [0.1, 0.15) is 34.6 Å². The van der Waals surface area contributed by atoms with Gasteiger partial charge in [-0.2, -0.15) is 0 Å². The Bertz CT molecular complexity index is 85.1. The van der Waals surface area contributed by atoms with E-state index in [9.17, 15) is 9.90 Å². The van der Waals surface area contributed by atoms with Crippen molar-refractivity contribution in [2.24, 2.45) is 11.7 Å². The van der Waals surface area contributed by atoms with Crippen molar-refractivity contribution in [2.75, 3.05) is 6.54 Å². The van der Waals surface area contributed by atoms with E-state index in [-0.39, 0.29) is 35.7 Å². The average Bonchev–Trinajstić information content (AvgIpc) is 1.89. The molecule has 0 aromatic heterocycles. The van der Waals surface area contributed by atoms with Crippen molar-refractivity contribution in [1.29, 1.82) is 0 Å². The predicted octanol–water partition coefficient (Wildman–Crippen LogP) is 0.381. The number of hydrogen-bond acceptors (Lipinski definition) is 3. The molecule has 0 atom stereocenters. The van der Waals surface area contributed by atoms with Crippen molar-refractivity contribution in [3.63, 3.8) is 0 Å². The molecule has 2 N–H and O–H groups in total. The van der Waals surface area contributed by atoms with Crippen LogP contribution >= 0.6 is 0 Å². The van der Waals surface area contributed by atoms with Crippen molar-refractivity contribution in [1.82, 2.24) is 0 Å². The Hall–Kier alpha value is 0.170. The summed E-state index contributed by atoms with van der Waals surface area (Å²) < 4.78 is 0. The van der Waals surface area contributed by atoms with Gasteiger partial charge in [-0.05, 0) is 18.9 Å². The van der Waals surface area contributed by atoms with Crippen LogP contribution in [0.4, 0.5) is 0 Å². The molecule has 0 heterocycles. The fraction of sp³-hybridized carbons (Fsp3) is 0.875. The summed E-state index contributed by atoms with van der Waals surface area (Å²) in [5.74, 6) is -1.33. The molecule has 0 aliphatic rings. The fourth-order valence-electron chi connectivity index (χ4n) is 0. The number of aliphatic carboxylic acids is 1. The molecule has 0 unspecified atom stereocenters. The topological polar surface area (TPSA) is 66.1 Å². The van der Waals surface area contributed by atoms with Crippen molar-refractivity contribution in [2.45, 2.75) is 34.6 Å². The zero-order valence-corrected chi connectivity index (χ0v) is 8.67. The van der Waals surface area contributed by atoms with Crippen LogP contribution in [0, 0.1) is 5.92 Å². The van der Waals surface area contributed by atoms with E-state index in [0.717, 1.165) is 13.0 Å². The normalized spacial score (nSPS) is 7.08. The number of carboxylic acids is 1. The Morgan fingerprint density at radius 3 is 1.67 bits per heavy atom. The molecule has 0 aliphatic heterocycles. The van der Waals surface area contributed by atoms with E-state index in [0.29, 0.717) is 0 Å². The van der Waals surface area contributed by atoms with Gasteiger partial charge < -0.3 is 15.6 Å². The summed E-state index contributed by atoms with van der Waals surface area (Å²) in [6.07, 6.45) is 1.10. The third-order valence-electron chi connectivity index (χ3n) is 0.760. The van der Waals surface area contributed by atoms with E-state index in [4.69, 9.17) is 5.73 Å². The molecule has 0 spiro atoms. The Balaban J connectivity index is -0.0000000483. The molecule has 0 saturated heterocycles. The standard InChI is InChI=1S/C4H8O2.C3H9N.CH4.Ag/c1-3(2)4(5)6;1-2-3-4;;/h3H,1-2H3,(H,5,6);2-4H2,1H3;1H4;/q;;;+1/p-1. The van der Waals surface area contributed by atoms with Crippen molar-refractivity contribution in [3.05, 3.63) is 0 Å². The number of rotatable bonds is 2. The Morgan fingerprint density at radius 1 is 1.50 bits per heavy atom. The van der Waals surface area contributed by atoms with Gasteiger partial charge in [-0.1, -0.05) is 28.2 Å². The van der Waals surface area contributed by atoms with Crippen LogP contribution in [-0.2, 0) is 27.2 Å². The molecular formula is C8H20AgNO2. The smallest absolute Gasteiger partial charge is 0.550 e. The van der Waals surface area contributed by atoms with Gasteiger partial charge in [-0.25, -0.2) is 0 Å². The van der Waals surface area contributed by atoms with Gasteiger partial charge in [0.25, 0.3) is 0 Å². The molecule has 4 heteroatoms. The number of carbonyl (C=O) groups is 1. The first-order valence-corrected chi connectivity index (χ1v) is 3.47. The summed E-state index contributed by atoms with van der Waals surface area (Å²) >= 11 is 0. The van der Waals surface area contributed by atoms with Gasteiger partial charge in [0.05, 0.1) is 0 Å². The molecule has 0 rings (SSSR count). The number of nitrogens with two attached hydrogens (primary N) is 1. The van der Waals surface area contributed by atoms with E-state index in [1.807, 2.05) is 0 Å². The first kappa shape index (κ1) is 22.7. The van der Waals surface area contributed by atoms with Gasteiger partial charge in [0, 0.05) is 5.97 Å². The van der Waals surface area contributed by atoms with E-state index in [1.54, 1.807) is 13.8 Å². The van der Waals surface area contributed by atoms with E-state index >= 15 is 0 Å². The second kappa shape index (κ2) is 17.3. The SMILES string of the molecule is C.CC(C)C(=O)[O-].CCCN.[Ag+]. The summed E-state index contributed by atoms with van der Waals surface area (Å²) in [5.41, 5.74) is 5.03. The minimum absolute atomic E-state index is 0. The summed E-state index contributed by atoms with van der Waals surface area (Å²) in [6, 6.07) is 0. The molecule has 0 bridgehead atoms. The third kappa shape index (κ3) is 32.0. The molecule has 0 radical (unpaired) electrons. The molecule has 0 aromatic rings. The van der Waals surface area contributed by atoms with Gasteiger partial charge in [0.1, 0.15) is 0 Å². The minimum Gasteiger partial charge on any atom is -0.550 e. The minimum atomic E-state index is -0.991. The second-order valence-electron chi connectivity index (χ2n) is 2.26. The Kier molecular flexibility index (Phi) is 32.8. The molecule has 0 saturated carbocycles. The van der Waals surface area contributed by atoms with Crippen LogP contribution in [0.15, 0.2) is 0 Å². The molecule has 0 amide bonds. The van der Waals surface area contributed by atoms with Gasteiger partial charge in [0.2, 0.25) is 0 Å². The Morgan fingerprint density at radius 2 is 1.67 bits per heavy atom. The monoisotopic (exact) mass is 269 g/mol. The maximum absolute atomic E-state index is 9.59. The van der Waals surface area contributed by atoms with Gasteiger partial charge >= 0.3 is 22.4 Å². The van der Waals surface area contributed by atoms with E-state index < -0.39 is 5.97 Å². The molecule has 12 heavy (non-hydrogen) atoms. The zero-order valence-electron chi connectivity index (χ0n) is 7.19. The van der Waals surface area contributed by atoms with Crippen LogP contribution in [0.25, 0.3) is 0 Å². The molecule has 3 nitrogen and oxygen atoms in total. The summed E-state index contributed by atoms with van der Waals surface area (Å²) in [7, 11) is 0. The largest absolute Gasteiger partial charge is 1.00 e. The van der Waals surface area contributed by atoms with Gasteiger partial charge in [-0.15, -0.1) is 0 Å². The maximum atomic E-state index is 9.59. The fourth-order valence-corrected chi connectivity index (χ4v) is 0. The molecule has 0 aliphatic carbocycles. The molecular weight excluding hydrogens is 250 g/mol. The van der Waals surface area contributed by atoms with Crippen LogP contribution in [0.3, 0.4) is 0 Å². The quantitative estimate of drug-likeness (QED) is 0.738. The van der Waals surface area contributed by atoms with E-state index in [1.165, 1.54) is 0 Å². The molecule has 0 aromatic carbocycles. The molecule has 80 valence electrons. The average molecular weight is 270 g/mol. The van der Waals surface area contributed by atoms with Crippen molar-refractivity contribution >= 4 is 5.97 Å². The van der Waals surface area contributed by atoms with Crippen molar-refractivity contribution < 1.29 is 32.3 Å². The van der Waals surface area contributed by atoms with Crippen LogP contribution in [0.2, 0.25) is 0 Å². The zero-order chi connectivity index (χ0) is 8.57.